The summed E-state index contributed by atoms with van der Waals surface area (Å²) in [5.41, 5.74) is 4.42. The molecule has 0 fully saturated rings. The van der Waals surface area contributed by atoms with Crippen molar-refractivity contribution in [2.45, 2.75) is 38.2 Å². The van der Waals surface area contributed by atoms with E-state index < -0.39 is 5.25 Å². The van der Waals surface area contributed by atoms with Crippen molar-refractivity contribution in [3.8, 4) is 11.5 Å². The first-order valence-corrected chi connectivity index (χ1v) is 9.71. The number of Topliss-reactive ketones (excluding diaryl/α,β-unsaturated/α-hetero) is 1. The maximum absolute atomic E-state index is 12.4. The zero-order valence-corrected chi connectivity index (χ0v) is 17.0. The third-order valence-corrected chi connectivity index (χ3v) is 5.30. The first kappa shape index (κ1) is 19.8. The summed E-state index contributed by atoms with van der Waals surface area (Å²) in [4.78, 5) is 23.7. The van der Waals surface area contributed by atoms with E-state index in [2.05, 4.69) is 15.5 Å². The normalized spacial score (nSPS) is 11.9. The Morgan fingerprint density at radius 1 is 1.04 bits per heavy atom. The number of rotatable bonds is 6. The Hall–Kier alpha value is -2.93. The van der Waals surface area contributed by atoms with Crippen molar-refractivity contribution >= 4 is 29.1 Å². The number of benzene rings is 2. The molecule has 0 bridgehead atoms. The molecule has 2 aromatic carbocycles. The van der Waals surface area contributed by atoms with E-state index in [1.54, 1.807) is 31.2 Å². The van der Waals surface area contributed by atoms with Gasteiger partial charge in [-0.15, -0.1) is 10.2 Å². The van der Waals surface area contributed by atoms with Gasteiger partial charge < -0.3 is 9.73 Å². The Balaban J connectivity index is 1.63. The monoisotopic (exact) mass is 395 g/mol. The van der Waals surface area contributed by atoms with E-state index in [4.69, 9.17) is 4.42 Å². The van der Waals surface area contributed by atoms with E-state index >= 15 is 0 Å². The number of nitrogens with one attached hydrogen (secondary N) is 1. The van der Waals surface area contributed by atoms with Crippen molar-refractivity contribution in [3.05, 3.63) is 59.2 Å². The highest BCUT2D eigenvalue weighted by Crippen LogP contribution is 2.27. The van der Waals surface area contributed by atoms with Crippen molar-refractivity contribution < 1.29 is 14.0 Å². The molecule has 0 radical (unpaired) electrons. The number of carbonyl (C=O) groups is 2. The summed E-state index contributed by atoms with van der Waals surface area (Å²) in [6.45, 7) is 7.34. The minimum Gasteiger partial charge on any atom is -0.411 e. The lowest BCUT2D eigenvalue weighted by Crippen LogP contribution is -2.22. The van der Waals surface area contributed by atoms with Crippen molar-refractivity contribution in [2.24, 2.45) is 0 Å². The molecule has 1 N–H and O–H groups in total. The summed E-state index contributed by atoms with van der Waals surface area (Å²) in [6.07, 6.45) is 0. The van der Waals surface area contributed by atoms with Crippen molar-refractivity contribution in [2.75, 3.05) is 5.32 Å². The van der Waals surface area contributed by atoms with Gasteiger partial charge in [-0.05, 0) is 75.2 Å². The Labute approximate surface area is 167 Å². The van der Waals surface area contributed by atoms with Crippen LogP contribution in [-0.4, -0.2) is 27.1 Å². The molecule has 0 aliphatic heterocycles. The quantitative estimate of drug-likeness (QED) is 0.482. The highest BCUT2D eigenvalue weighted by Gasteiger charge is 2.19. The van der Waals surface area contributed by atoms with E-state index in [-0.39, 0.29) is 11.7 Å². The Kier molecular flexibility index (Phi) is 5.94. The van der Waals surface area contributed by atoms with E-state index in [0.717, 1.165) is 11.1 Å². The van der Waals surface area contributed by atoms with Gasteiger partial charge in [0.2, 0.25) is 11.8 Å². The number of ketones is 1. The third kappa shape index (κ3) is 4.67. The summed E-state index contributed by atoms with van der Waals surface area (Å²) >= 11 is 1.20. The number of hydrogen-bond donors (Lipinski definition) is 1. The van der Waals surface area contributed by atoms with Gasteiger partial charge in [-0.2, -0.15) is 0 Å². The number of aryl methyl sites for hydroxylation is 2. The first-order chi connectivity index (χ1) is 13.3. The van der Waals surface area contributed by atoms with Crippen molar-refractivity contribution in [1.82, 2.24) is 10.2 Å². The van der Waals surface area contributed by atoms with Gasteiger partial charge in [0.15, 0.2) is 5.78 Å². The molecule has 6 nitrogen and oxygen atoms in total. The fourth-order valence-corrected chi connectivity index (χ4v) is 3.17. The number of thioether (sulfide) groups is 1. The molecule has 1 amide bonds. The molecule has 0 saturated carbocycles. The second-order valence-corrected chi connectivity index (χ2v) is 7.85. The predicted molar refractivity (Wildman–Crippen MR) is 110 cm³/mol. The summed E-state index contributed by atoms with van der Waals surface area (Å²) in [5.74, 6) is 0.224. The highest BCUT2D eigenvalue weighted by molar-refractivity contribution is 8.00. The summed E-state index contributed by atoms with van der Waals surface area (Å²) < 4.78 is 5.70. The van der Waals surface area contributed by atoms with E-state index in [0.29, 0.717) is 22.4 Å². The average Bonchev–Trinajstić information content (AvgIpc) is 3.12. The lowest BCUT2D eigenvalue weighted by atomic mass is 10.1. The number of carbonyl (C=O) groups excluding carboxylic acids is 2. The molecule has 0 aliphatic carbocycles. The van der Waals surface area contributed by atoms with Gasteiger partial charge in [-0.1, -0.05) is 17.8 Å². The van der Waals surface area contributed by atoms with Crippen LogP contribution in [0.1, 0.15) is 35.3 Å². The van der Waals surface area contributed by atoms with Gasteiger partial charge in [0.25, 0.3) is 5.22 Å². The van der Waals surface area contributed by atoms with Crippen LogP contribution in [0.5, 0.6) is 0 Å². The van der Waals surface area contributed by atoms with Crippen LogP contribution >= 0.6 is 11.8 Å². The molecule has 1 aromatic heterocycles. The second-order valence-electron chi connectivity index (χ2n) is 6.56. The second kappa shape index (κ2) is 8.39. The lowest BCUT2D eigenvalue weighted by molar-refractivity contribution is -0.115. The fraction of sp³-hybridized carbons (Fsp3) is 0.238. The van der Waals surface area contributed by atoms with E-state index in [1.165, 1.54) is 24.2 Å². The number of anilines is 1. The topological polar surface area (TPSA) is 85.1 Å². The zero-order valence-electron chi connectivity index (χ0n) is 16.1. The van der Waals surface area contributed by atoms with Crippen LogP contribution in [0, 0.1) is 13.8 Å². The molecule has 0 unspecified atom stereocenters. The lowest BCUT2D eigenvalue weighted by Gasteiger charge is -2.10. The smallest absolute Gasteiger partial charge is 0.277 e. The molecule has 3 aromatic rings. The van der Waals surface area contributed by atoms with E-state index in [1.807, 2.05) is 32.0 Å². The van der Waals surface area contributed by atoms with Gasteiger partial charge in [-0.3, -0.25) is 9.59 Å². The molecule has 3 rings (SSSR count). The Morgan fingerprint density at radius 3 is 2.39 bits per heavy atom. The molecule has 28 heavy (non-hydrogen) atoms. The fourth-order valence-electron chi connectivity index (χ4n) is 2.49. The van der Waals surface area contributed by atoms with Crippen LogP contribution in [0.15, 0.2) is 52.1 Å². The van der Waals surface area contributed by atoms with Crippen LogP contribution in [0.25, 0.3) is 11.5 Å². The first-order valence-electron chi connectivity index (χ1n) is 8.83. The third-order valence-electron chi connectivity index (χ3n) is 4.37. The van der Waals surface area contributed by atoms with Crippen LogP contribution in [-0.2, 0) is 4.79 Å². The maximum Gasteiger partial charge on any atom is 0.277 e. The molecular formula is C21H21N3O3S. The molecule has 0 spiro atoms. The molecular weight excluding hydrogens is 374 g/mol. The predicted octanol–water partition coefficient (Wildman–Crippen LogP) is 4.68. The number of nitrogens with zero attached hydrogens (tertiary/aromatic N) is 2. The number of aromatic nitrogens is 2. The van der Waals surface area contributed by atoms with Crippen LogP contribution in [0.2, 0.25) is 0 Å². The SMILES string of the molecule is CC(=O)c1ccc(NC(=O)[C@H](C)Sc2nnc(-c3ccc(C)c(C)c3)o2)cc1. The zero-order chi connectivity index (χ0) is 20.3. The number of amides is 1. The minimum absolute atomic E-state index is 0.0160. The van der Waals surface area contributed by atoms with Crippen LogP contribution < -0.4 is 5.32 Å². The molecule has 1 atom stereocenters. The van der Waals surface area contributed by atoms with Gasteiger partial charge in [0.05, 0.1) is 5.25 Å². The van der Waals surface area contributed by atoms with E-state index in [9.17, 15) is 9.59 Å². The number of hydrogen-bond acceptors (Lipinski definition) is 6. The van der Waals surface area contributed by atoms with Crippen molar-refractivity contribution in [3.63, 3.8) is 0 Å². The van der Waals surface area contributed by atoms with Gasteiger partial charge in [0, 0.05) is 16.8 Å². The molecule has 144 valence electrons. The molecule has 0 aliphatic rings. The Bertz CT molecular complexity index is 1010. The largest absolute Gasteiger partial charge is 0.411 e. The Morgan fingerprint density at radius 2 is 1.75 bits per heavy atom. The standard InChI is InChI=1S/C21H21N3O3S/c1-12-5-6-17(11-13(12)2)20-23-24-21(27-20)28-15(4)19(26)22-18-9-7-16(8-10-18)14(3)25/h5-11,15H,1-4H3,(H,22,26)/t15-/m0/s1. The molecule has 0 saturated heterocycles. The summed E-state index contributed by atoms with van der Waals surface area (Å²) in [5, 5.41) is 10.8. The van der Waals surface area contributed by atoms with Gasteiger partial charge in [0.1, 0.15) is 0 Å². The van der Waals surface area contributed by atoms with Gasteiger partial charge in [-0.25, -0.2) is 0 Å². The van der Waals surface area contributed by atoms with Crippen LogP contribution in [0.4, 0.5) is 5.69 Å². The van der Waals surface area contributed by atoms with Gasteiger partial charge >= 0.3 is 0 Å². The minimum atomic E-state index is -0.430. The average molecular weight is 395 g/mol. The molecule has 1 heterocycles. The summed E-state index contributed by atoms with van der Waals surface area (Å²) in [7, 11) is 0. The van der Waals surface area contributed by atoms with Crippen LogP contribution in [0.3, 0.4) is 0 Å². The highest BCUT2D eigenvalue weighted by atomic mass is 32.2. The maximum atomic E-state index is 12.4. The molecule has 7 heteroatoms. The summed E-state index contributed by atoms with van der Waals surface area (Å²) in [6, 6.07) is 12.7. The van der Waals surface area contributed by atoms with Crippen molar-refractivity contribution in [1.29, 1.82) is 0 Å².